The molecule has 1 unspecified atom stereocenters. The summed E-state index contributed by atoms with van der Waals surface area (Å²) in [6.45, 7) is 3.16. The molecule has 106 valence electrons. The van der Waals surface area contributed by atoms with Crippen molar-refractivity contribution in [2.75, 3.05) is 0 Å². The molecule has 1 saturated heterocycles. The van der Waals surface area contributed by atoms with Crippen LogP contribution in [-0.2, 0) is 14.4 Å². The topological polar surface area (TPSA) is 74.7 Å². The summed E-state index contributed by atoms with van der Waals surface area (Å²) in [5.74, 6) is -1.69. The summed E-state index contributed by atoms with van der Waals surface area (Å²) in [5.41, 5.74) is -2.02. The first-order valence-corrected chi connectivity index (χ1v) is 6.98. The zero-order valence-corrected chi connectivity index (χ0v) is 11.6. The zero-order valence-electron chi connectivity index (χ0n) is 11.6. The Morgan fingerprint density at radius 1 is 1.32 bits per heavy atom. The highest BCUT2D eigenvalue weighted by Gasteiger charge is 2.58. The van der Waals surface area contributed by atoms with Gasteiger partial charge in [-0.3, -0.25) is 14.5 Å². The van der Waals surface area contributed by atoms with Gasteiger partial charge in [0.25, 0.3) is 0 Å². The predicted molar refractivity (Wildman–Crippen MR) is 68.3 cm³/mol. The number of carbonyl (C=O) groups is 3. The third-order valence-corrected chi connectivity index (χ3v) is 4.85. The molecule has 1 spiro atoms. The van der Waals surface area contributed by atoms with Crippen molar-refractivity contribution in [3.05, 3.63) is 0 Å². The number of carbonyl (C=O) groups excluding carboxylic acids is 2. The second-order valence-corrected chi connectivity index (χ2v) is 5.98. The van der Waals surface area contributed by atoms with Crippen LogP contribution in [0.25, 0.3) is 0 Å². The standard InChI is InChI=1S/C14H21NO4/c1-3-13(2,12(18)19)15-10(16)9-14(11(15)17)7-5-4-6-8-14/h3-9H2,1-2H3,(H,18,19). The van der Waals surface area contributed by atoms with Crippen LogP contribution < -0.4 is 0 Å². The Balaban J connectivity index is 2.35. The summed E-state index contributed by atoms with van der Waals surface area (Å²) in [7, 11) is 0. The molecule has 0 bridgehead atoms. The van der Waals surface area contributed by atoms with E-state index >= 15 is 0 Å². The van der Waals surface area contributed by atoms with Gasteiger partial charge in [-0.25, -0.2) is 4.79 Å². The molecule has 1 atom stereocenters. The van der Waals surface area contributed by atoms with Gasteiger partial charge in [-0.1, -0.05) is 26.2 Å². The largest absolute Gasteiger partial charge is 0.479 e. The lowest BCUT2D eigenvalue weighted by molar-refractivity contribution is -0.163. The number of amides is 2. The van der Waals surface area contributed by atoms with Crippen molar-refractivity contribution in [2.45, 2.75) is 64.3 Å². The zero-order chi connectivity index (χ0) is 14.3. The monoisotopic (exact) mass is 267 g/mol. The molecular formula is C14H21NO4. The van der Waals surface area contributed by atoms with Crippen LogP contribution in [-0.4, -0.2) is 33.3 Å². The Hall–Kier alpha value is -1.39. The van der Waals surface area contributed by atoms with Gasteiger partial charge in [0.2, 0.25) is 11.8 Å². The molecular weight excluding hydrogens is 246 g/mol. The average molecular weight is 267 g/mol. The first-order chi connectivity index (χ1) is 8.87. The molecule has 1 aliphatic carbocycles. The molecule has 0 aromatic rings. The normalized spacial score (nSPS) is 25.7. The maximum absolute atomic E-state index is 12.6. The fourth-order valence-corrected chi connectivity index (χ4v) is 3.32. The molecule has 0 radical (unpaired) electrons. The van der Waals surface area contributed by atoms with Crippen molar-refractivity contribution in [3.8, 4) is 0 Å². The molecule has 1 heterocycles. The third-order valence-electron chi connectivity index (χ3n) is 4.85. The minimum Gasteiger partial charge on any atom is -0.479 e. The lowest BCUT2D eigenvalue weighted by atomic mass is 9.73. The van der Waals surface area contributed by atoms with Crippen LogP contribution in [0.1, 0.15) is 58.8 Å². The molecule has 1 saturated carbocycles. The minimum atomic E-state index is -1.41. The highest BCUT2D eigenvalue weighted by molar-refractivity contribution is 6.09. The summed E-state index contributed by atoms with van der Waals surface area (Å²) in [4.78, 5) is 37.3. The van der Waals surface area contributed by atoms with Crippen molar-refractivity contribution in [2.24, 2.45) is 5.41 Å². The van der Waals surface area contributed by atoms with E-state index in [0.717, 1.165) is 24.2 Å². The summed E-state index contributed by atoms with van der Waals surface area (Å²) in [5, 5.41) is 9.37. The number of rotatable bonds is 3. The summed E-state index contributed by atoms with van der Waals surface area (Å²) >= 11 is 0. The maximum atomic E-state index is 12.6. The molecule has 0 aromatic carbocycles. The number of imide groups is 1. The van der Waals surface area contributed by atoms with E-state index in [-0.39, 0.29) is 24.7 Å². The van der Waals surface area contributed by atoms with Crippen molar-refractivity contribution in [1.82, 2.24) is 4.90 Å². The summed E-state index contributed by atoms with van der Waals surface area (Å²) in [6.07, 6.45) is 4.84. The summed E-state index contributed by atoms with van der Waals surface area (Å²) < 4.78 is 0. The van der Waals surface area contributed by atoms with Crippen molar-refractivity contribution in [3.63, 3.8) is 0 Å². The number of hydrogen-bond donors (Lipinski definition) is 1. The molecule has 1 N–H and O–H groups in total. The molecule has 19 heavy (non-hydrogen) atoms. The predicted octanol–water partition coefficient (Wildman–Crippen LogP) is 1.95. The number of nitrogens with zero attached hydrogens (tertiary/aromatic N) is 1. The van der Waals surface area contributed by atoms with Crippen LogP contribution in [0.2, 0.25) is 0 Å². The Labute approximate surface area is 113 Å². The lowest BCUT2D eigenvalue weighted by Gasteiger charge is -2.36. The SMILES string of the molecule is CCC(C)(C(=O)O)N1C(=O)CC2(CCCCC2)C1=O. The Morgan fingerprint density at radius 3 is 2.37 bits per heavy atom. The summed E-state index contributed by atoms with van der Waals surface area (Å²) in [6, 6.07) is 0. The van der Waals surface area contributed by atoms with Crippen LogP contribution >= 0.6 is 0 Å². The highest BCUT2D eigenvalue weighted by atomic mass is 16.4. The quantitative estimate of drug-likeness (QED) is 0.793. The molecule has 2 aliphatic rings. The molecule has 2 rings (SSSR count). The minimum absolute atomic E-state index is 0.189. The fourth-order valence-electron chi connectivity index (χ4n) is 3.32. The van der Waals surface area contributed by atoms with Crippen molar-refractivity contribution >= 4 is 17.8 Å². The number of likely N-dealkylation sites (tertiary alicyclic amines) is 1. The van der Waals surface area contributed by atoms with Crippen LogP contribution in [0.4, 0.5) is 0 Å². The van der Waals surface area contributed by atoms with E-state index in [0.29, 0.717) is 12.8 Å². The highest BCUT2D eigenvalue weighted by Crippen LogP contribution is 2.47. The first kappa shape index (κ1) is 14.0. The number of aliphatic carboxylic acids is 1. The van der Waals surface area contributed by atoms with E-state index in [1.165, 1.54) is 6.92 Å². The maximum Gasteiger partial charge on any atom is 0.329 e. The second kappa shape index (κ2) is 4.62. The smallest absolute Gasteiger partial charge is 0.329 e. The van der Waals surface area contributed by atoms with Crippen molar-refractivity contribution in [1.29, 1.82) is 0 Å². The van der Waals surface area contributed by atoms with Gasteiger partial charge < -0.3 is 5.11 Å². The average Bonchev–Trinajstić information content (AvgIpc) is 2.61. The van der Waals surface area contributed by atoms with Gasteiger partial charge in [0.15, 0.2) is 0 Å². The van der Waals surface area contributed by atoms with Gasteiger partial charge in [-0.05, 0) is 26.2 Å². The van der Waals surface area contributed by atoms with Gasteiger partial charge in [-0.2, -0.15) is 0 Å². The van der Waals surface area contributed by atoms with Gasteiger partial charge in [-0.15, -0.1) is 0 Å². The Bertz CT molecular complexity index is 425. The second-order valence-electron chi connectivity index (χ2n) is 5.98. The van der Waals surface area contributed by atoms with Crippen molar-refractivity contribution < 1.29 is 19.5 Å². The number of carboxylic acids is 1. The van der Waals surface area contributed by atoms with Gasteiger partial charge >= 0.3 is 5.97 Å². The Kier molecular flexibility index (Phi) is 3.41. The van der Waals surface area contributed by atoms with Crippen LogP contribution in [0.15, 0.2) is 0 Å². The van der Waals surface area contributed by atoms with Crippen LogP contribution in [0.3, 0.4) is 0 Å². The first-order valence-electron chi connectivity index (χ1n) is 6.98. The lowest BCUT2D eigenvalue weighted by Crippen LogP contribution is -2.55. The van der Waals surface area contributed by atoms with Crippen LogP contribution in [0.5, 0.6) is 0 Å². The van der Waals surface area contributed by atoms with E-state index < -0.39 is 16.9 Å². The van der Waals surface area contributed by atoms with Gasteiger partial charge in [0.1, 0.15) is 5.54 Å². The fraction of sp³-hybridized carbons (Fsp3) is 0.786. The molecule has 2 fully saturated rings. The number of hydrogen-bond acceptors (Lipinski definition) is 3. The van der Waals surface area contributed by atoms with Gasteiger partial charge in [0, 0.05) is 6.42 Å². The number of carboxylic acid groups (broad SMARTS) is 1. The van der Waals surface area contributed by atoms with Crippen LogP contribution in [0, 0.1) is 5.41 Å². The van der Waals surface area contributed by atoms with Gasteiger partial charge in [0.05, 0.1) is 5.41 Å². The van der Waals surface area contributed by atoms with E-state index in [2.05, 4.69) is 0 Å². The van der Waals surface area contributed by atoms with E-state index in [9.17, 15) is 19.5 Å². The molecule has 5 heteroatoms. The van der Waals surface area contributed by atoms with E-state index in [4.69, 9.17) is 0 Å². The molecule has 1 aliphatic heterocycles. The van der Waals surface area contributed by atoms with E-state index in [1.807, 2.05) is 0 Å². The molecule has 2 amide bonds. The third kappa shape index (κ3) is 1.95. The van der Waals surface area contributed by atoms with E-state index in [1.54, 1.807) is 6.92 Å². The molecule has 0 aromatic heterocycles. The molecule has 5 nitrogen and oxygen atoms in total. The Morgan fingerprint density at radius 2 is 1.89 bits per heavy atom.